The van der Waals surface area contributed by atoms with Gasteiger partial charge in [0.05, 0.1) is 0 Å². The third-order valence-electron chi connectivity index (χ3n) is 3.42. The first kappa shape index (κ1) is 14.1. The molecule has 1 aromatic carbocycles. The normalized spacial score (nSPS) is 12.1. The summed E-state index contributed by atoms with van der Waals surface area (Å²) in [5, 5.41) is 0. The minimum absolute atomic E-state index is 0.600. The Kier molecular flexibility index (Phi) is 4.90. The van der Waals surface area contributed by atoms with E-state index >= 15 is 0 Å². The third-order valence-corrected chi connectivity index (χ3v) is 6.72. The first-order valence-corrected chi connectivity index (χ1v) is 9.34. The summed E-state index contributed by atoms with van der Waals surface area (Å²) in [6.45, 7) is 13.9. The second kappa shape index (κ2) is 5.57. The standard InChI is InChI=1S/C15H23.Sn.3H/c1-10(2)13-7-14(11(3)4)9-15(8-13)12(5)6;;;;/h7-8,10-12H,1-6H3;;;;. The van der Waals surface area contributed by atoms with Gasteiger partial charge in [0.15, 0.2) is 0 Å². The van der Waals surface area contributed by atoms with Crippen molar-refractivity contribution in [1.82, 2.24) is 0 Å². The van der Waals surface area contributed by atoms with Crippen molar-refractivity contribution in [3.63, 3.8) is 0 Å². The molecule has 0 bridgehead atoms. The van der Waals surface area contributed by atoms with Gasteiger partial charge in [-0.15, -0.1) is 0 Å². The molecule has 1 aromatic rings. The minimum atomic E-state index is 0.600. The maximum atomic E-state index is 2.45. The van der Waals surface area contributed by atoms with E-state index in [0.29, 0.717) is 40.3 Å². The Labute approximate surface area is 114 Å². The second-order valence-corrected chi connectivity index (χ2v) is 8.64. The van der Waals surface area contributed by atoms with Crippen LogP contribution in [0.15, 0.2) is 12.1 Å². The predicted molar refractivity (Wildman–Crippen MR) is 78.3 cm³/mol. The summed E-state index contributed by atoms with van der Waals surface area (Å²) in [5.41, 5.74) is 4.75. The molecule has 1 heteroatoms. The van der Waals surface area contributed by atoms with Gasteiger partial charge in [-0.3, -0.25) is 0 Å². The summed E-state index contributed by atoms with van der Waals surface area (Å²) >= 11 is 0.600. The first-order chi connectivity index (χ1) is 7.34. The number of benzene rings is 1. The Morgan fingerprint density at radius 1 is 0.750 bits per heavy atom. The first-order valence-electron chi connectivity index (χ1n) is 6.48. The zero-order valence-electron chi connectivity index (χ0n) is 11.9. The number of hydrogen-bond acceptors (Lipinski definition) is 0. The molecule has 0 amide bonds. The number of hydrogen-bond donors (Lipinski definition) is 0. The molecule has 0 nitrogen and oxygen atoms in total. The molecule has 0 saturated heterocycles. The van der Waals surface area contributed by atoms with Crippen LogP contribution in [0.2, 0.25) is 0 Å². The molecule has 0 aromatic heterocycles. The van der Waals surface area contributed by atoms with Gasteiger partial charge >= 0.3 is 114 Å². The van der Waals surface area contributed by atoms with Crippen molar-refractivity contribution in [2.45, 2.75) is 59.3 Å². The summed E-state index contributed by atoms with van der Waals surface area (Å²) in [4.78, 5) is 0. The van der Waals surface area contributed by atoms with Crippen molar-refractivity contribution in [2.24, 2.45) is 0 Å². The van der Waals surface area contributed by atoms with Crippen LogP contribution in [-0.2, 0) is 0 Å². The van der Waals surface area contributed by atoms with Crippen LogP contribution in [0.5, 0.6) is 0 Å². The quantitative estimate of drug-likeness (QED) is 0.750. The molecule has 1 rings (SSSR count). The molecule has 0 spiro atoms. The molecule has 0 fully saturated rings. The average molecular weight is 325 g/mol. The van der Waals surface area contributed by atoms with E-state index in [9.17, 15) is 0 Å². The van der Waals surface area contributed by atoms with Crippen LogP contribution in [0.3, 0.4) is 0 Å². The van der Waals surface area contributed by atoms with E-state index < -0.39 is 0 Å². The summed E-state index contributed by atoms with van der Waals surface area (Å²) in [7, 11) is 0. The summed E-state index contributed by atoms with van der Waals surface area (Å²) in [6, 6.07) is 4.90. The Morgan fingerprint density at radius 2 is 1.12 bits per heavy atom. The van der Waals surface area contributed by atoms with E-state index in [-0.39, 0.29) is 0 Å². The zero-order valence-corrected chi connectivity index (χ0v) is 17.6. The molecule has 90 valence electrons. The summed E-state index contributed by atoms with van der Waals surface area (Å²) < 4.78 is 1.70. The van der Waals surface area contributed by atoms with E-state index in [0.717, 1.165) is 0 Å². The van der Waals surface area contributed by atoms with Gasteiger partial charge in [0.25, 0.3) is 0 Å². The second-order valence-electron chi connectivity index (χ2n) is 5.79. The fourth-order valence-corrected chi connectivity index (χ4v) is 6.44. The van der Waals surface area contributed by atoms with Crippen LogP contribution >= 0.6 is 0 Å². The van der Waals surface area contributed by atoms with Crippen molar-refractivity contribution in [3.8, 4) is 0 Å². The van der Waals surface area contributed by atoms with Crippen molar-refractivity contribution in [2.75, 3.05) is 0 Å². The molecule has 0 heterocycles. The molecule has 0 aliphatic rings. The fraction of sp³-hybridized carbons (Fsp3) is 0.600. The molecule has 0 atom stereocenters. The van der Waals surface area contributed by atoms with Crippen molar-refractivity contribution in [3.05, 3.63) is 28.8 Å². The molecule has 0 aliphatic carbocycles. The number of rotatable bonds is 3. The van der Waals surface area contributed by atoms with E-state index in [1.165, 1.54) is 5.56 Å². The van der Waals surface area contributed by atoms with E-state index in [1.54, 1.807) is 14.7 Å². The monoisotopic (exact) mass is 326 g/mol. The zero-order chi connectivity index (χ0) is 12.5. The fourth-order valence-electron chi connectivity index (χ4n) is 2.32. The topological polar surface area (TPSA) is 0 Å². The van der Waals surface area contributed by atoms with Gasteiger partial charge in [-0.05, 0) is 0 Å². The third kappa shape index (κ3) is 3.03. The molecule has 0 radical (unpaired) electrons. The van der Waals surface area contributed by atoms with Crippen LogP contribution in [0.1, 0.15) is 76.0 Å². The molecule has 0 N–H and O–H groups in total. The van der Waals surface area contributed by atoms with Gasteiger partial charge in [-0.1, -0.05) is 0 Å². The summed E-state index contributed by atoms with van der Waals surface area (Å²) in [5.74, 6) is 1.99. The Bertz CT molecular complexity index is 333. The summed E-state index contributed by atoms with van der Waals surface area (Å²) in [6.07, 6.45) is 0. The van der Waals surface area contributed by atoms with E-state index in [2.05, 4.69) is 53.7 Å². The molecular weight excluding hydrogens is 299 g/mol. The van der Waals surface area contributed by atoms with Crippen LogP contribution in [0, 0.1) is 0 Å². The van der Waals surface area contributed by atoms with Crippen molar-refractivity contribution >= 4 is 26.1 Å². The molecule has 0 aliphatic heterocycles. The van der Waals surface area contributed by atoms with E-state index in [1.807, 2.05) is 0 Å². The molecule has 0 saturated carbocycles. The van der Waals surface area contributed by atoms with Crippen LogP contribution in [0.4, 0.5) is 0 Å². The van der Waals surface area contributed by atoms with Gasteiger partial charge in [-0.25, -0.2) is 0 Å². The maximum absolute atomic E-state index is 2.45. The Hall–Kier alpha value is 0.0187. The van der Waals surface area contributed by atoms with Gasteiger partial charge in [0.1, 0.15) is 0 Å². The van der Waals surface area contributed by atoms with Crippen molar-refractivity contribution < 1.29 is 0 Å². The van der Waals surface area contributed by atoms with Crippen LogP contribution < -0.4 is 3.58 Å². The molecular formula is C15H26Sn. The Morgan fingerprint density at radius 3 is 1.38 bits per heavy atom. The van der Waals surface area contributed by atoms with Crippen LogP contribution in [-0.4, -0.2) is 22.5 Å². The van der Waals surface area contributed by atoms with Gasteiger partial charge in [-0.2, -0.15) is 0 Å². The van der Waals surface area contributed by atoms with Crippen molar-refractivity contribution in [1.29, 1.82) is 0 Å². The Balaban J connectivity index is 3.39. The van der Waals surface area contributed by atoms with Gasteiger partial charge in [0, 0.05) is 0 Å². The predicted octanol–water partition coefficient (Wildman–Crippen LogP) is 3.05. The SMILES string of the molecule is CC(C)c1cc(C(C)C)[c]([SnH3])c(C(C)C)c1. The van der Waals surface area contributed by atoms with Gasteiger partial charge in [0.2, 0.25) is 0 Å². The van der Waals surface area contributed by atoms with E-state index in [4.69, 9.17) is 0 Å². The van der Waals surface area contributed by atoms with Crippen LogP contribution in [0.25, 0.3) is 0 Å². The van der Waals surface area contributed by atoms with Gasteiger partial charge < -0.3 is 0 Å². The molecule has 16 heavy (non-hydrogen) atoms. The average Bonchev–Trinajstić information content (AvgIpc) is 2.16. The molecule has 0 unspecified atom stereocenters.